The molecule has 5 nitrogen and oxygen atoms in total. The van der Waals surface area contributed by atoms with E-state index in [1.54, 1.807) is 25.3 Å². The van der Waals surface area contributed by atoms with E-state index in [-0.39, 0.29) is 13.0 Å². The zero-order valence-electron chi connectivity index (χ0n) is 9.43. The molecule has 1 rings (SSSR count). The molecule has 0 aromatic heterocycles. The summed E-state index contributed by atoms with van der Waals surface area (Å²) in [5.41, 5.74) is 0. The maximum absolute atomic E-state index is 11.3. The summed E-state index contributed by atoms with van der Waals surface area (Å²) in [4.78, 5) is 11.3. The first-order valence-corrected chi connectivity index (χ1v) is 4.97. The van der Waals surface area contributed by atoms with Crippen LogP contribution in [0.3, 0.4) is 0 Å². The summed E-state index contributed by atoms with van der Waals surface area (Å²) in [7, 11) is 3.02. The SMILES string of the molecule is COC1=CCC(OC)(OC(=O)CCO)C=C1. The van der Waals surface area contributed by atoms with Crippen LogP contribution >= 0.6 is 0 Å². The van der Waals surface area contributed by atoms with Crippen molar-refractivity contribution in [2.45, 2.75) is 18.6 Å². The van der Waals surface area contributed by atoms with E-state index >= 15 is 0 Å². The van der Waals surface area contributed by atoms with Crippen LogP contribution in [0.15, 0.2) is 24.0 Å². The maximum atomic E-state index is 11.3. The lowest BCUT2D eigenvalue weighted by molar-refractivity contribution is -0.200. The second-order valence-corrected chi connectivity index (χ2v) is 3.31. The van der Waals surface area contributed by atoms with Crippen molar-refractivity contribution in [3.05, 3.63) is 24.0 Å². The summed E-state index contributed by atoms with van der Waals surface area (Å²) in [5.74, 6) is -0.872. The van der Waals surface area contributed by atoms with Gasteiger partial charge in [0.2, 0.25) is 5.79 Å². The van der Waals surface area contributed by atoms with Crippen molar-refractivity contribution in [2.75, 3.05) is 20.8 Å². The van der Waals surface area contributed by atoms with Gasteiger partial charge >= 0.3 is 5.97 Å². The molecule has 0 saturated heterocycles. The number of hydrogen-bond donors (Lipinski definition) is 1. The monoisotopic (exact) mass is 228 g/mol. The molecule has 0 heterocycles. The number of carbonyl (C=O) groups is 1. The number of allylic oxidation sites excluding steroid dienone is 1. The highest BCUT2D eigenvalue weighted by atomic mass is 16.7. The lowest BCUT2D eigenvalue weighted by Gasteiger charge is -2.29. The lowest BCUT2D eigenvalue weighted by Crippen LogP contribution is -2.36. The largest absolute Gasteiger partial charge is 0.497 e. The third kappa shape index (κ3) is 3.08. The van der Waals surface area contributed by atoms with Gasteiger partial charge in [-0.25, -0.2) is 0 Å². The number of esters is 1. The molecule has 1 N–H and O–H groups in total. The van der Waals surface area contributed by atoms with Gasteiger partial charge in [0.25, 0.3) is 0 Å². The van der Waals surface area contributed by atoms with Gasteiger partial charge in [0.15, 0.2) is 0 Å². The number of aliphatic hydroxyl groups excluding tert-OH is 1. The predicted molar refractivity (Wildman–Crippen MR) is 56.4 cm³/mol. The van der Waals surface area contributed by atoms with Gasteiger partial charge in [-0.1, -0.05) is 0 Å². The van der Waals surface area contributed by atoms with Crippen LogP contribution in [-0.2, 0) is 19.0 Å². The molecule has 0 bridgehead atoms. The van der Waals surface area contributed by atoms with Crippen LogP contribution in [0.5, 0.6) is 0 Å². The van der Waals surface area contributed by atoms with Crippen molar-refractivity contribution >= 4 is 5.97 Å². The van der Waals surface area contributed by atoms with Crippen molar-refractivity contribution in [2.24, 2.45) is 0 Å². The fourth-order valence-electron chi connectivity index (χ4n) is 1.34. The van der Waals surface area contributed by atoms with E-state index in [0.717, 1.165) is 0 Å². The molecule has 1 unspecified atom stereocenters. The highest BCUT2D eigenvalue weighted by Crippen LogP contribution is 2.26. The zero-order chi connectivity index (χ0) is 12.0. The minimum atomic E-state index is -1.08. The van der Waals surface area contributed by atoms with E-state index in [0.29, 0.717) is 12.2 Å². The Morgan fingerprint density at radius 3 is 2.75 bits per heavy atom. The normalized spacial score (nSPS) is 23.8. The van der Waals surface area contributed by atoms with Crippen LogP contribution in [0.2, 0.25) is 0 Å². The molecule has 90 valence electrons. The third-order valence-electron chi connectivity index (χ3n) is 2.27. The van der Waals surface area contributed by atoms with Gasteiger partial charge in [-0.05, 0) is 18.2 Å². The van der Waals surface area contributed by atoms with Crippen LogP contribution in [0.1, 0.15) is 12.8 Å². The number of carbonyl (C=O) groups excluding carboxylic acids is 1. The summed E-state index contributed by atoms with van der Waals surface area (Å²) in [6, 6.07) is 0. The highest BCUT2D eigenvalue weighted by molar-refractivity contribution is 5.70. The van der Waals surface area contributed by atoms with E-state index in [9.17, 15) is 4.79 Å². The van der Waals surface area contributed by atoms with Crippen LogP contribution in [0, 0.1) is 0 Å². The van der Waals surface area contributed by atoms with Crippen molar-refractivity contribution in [1.29, 1.82) is 0 Å². The smallest absolute Gasteiger partial charge is 0.310 e. The number of hydrogen-bond acceptors (Lipinski definition) is 5. The molecule has 0 aliphatic heterocycles. The second-order valence-electron chi connectivity index (χ2n) is 3.31. The quantitative estimate of drug-likeness (QED) is 0.555. The minimum absolute atomic E-state index is 0.0419. The summed E-state index contributed by atoms with van der Waals surface area (Å²) in [6.07, 6.45) is 5.43. The zero-order valence-corrected chi connectivity index (χ0v) is 9.43. The predicted octanol–water partition coefficient (Wildman–Crippen LogP) is 0.745. The lowest BCUT2D eigenvalue weighted by atomic mass is 10.1. The van der Waals surface area contributed by atoms with Gasteiger partial charge < -0.3 is 19.3 Å². The third-order valence-corrected chi connectivity index (χ3v) is 2.27. The van der Waals surface area contributed by atoms with Crippen LogP contribution < -0.4 is 0 Å². The Labute approximate surface area is 94.3 Å². The molecule has 0 fully saturated rings. The molecule has 1 aliphatic rings. The summed E-state index contributed by atoms with van der Waals surface area (Å²) in [6.45, 7) is -0.235. The Morgan fingerprint density at radius 1 is 1.56 bits per heavy atom. The average Bonchev–Trinajstić information content (AvgIpc) is 2.30. The number of ether oxygens (including phenoxy) is 3. The van der Waals surface area contributed by atoms with E-state index in [4.69, 9.17) is 19.3 Å². The number of methoxy groups -OCH3 is 2. The number of aliphatic hydroxyl groups is 1. The molecule has 0 aromatic rings. The van der Waals surface area contributed by atoms with E-state index in [2.05, 4.69) is 0 Å². The molecule has 0 saturated carbocycles. The summed E-state index contributed by atoms with van der Waals surface area (Å²) < 4.78 is 15.3. The van der Waals surface area contributed by atoms with Gasteiger partial charge in [-0.2, -0.15) is 0 Å². The average molecular weight is 228 g/mol. The fraction of sp³-hybridized carbons (Fsp3) is 0.545. The Balaban J connectivity index is 2.64. The minimum Gasteiger partial charge on any atom is -0.497 e. The number of rotatable bonds is 5. The van der Waals surface area contributed by atoms with Crippen LogP contribution in [0.4, 0.5) is 0 Å². The first-order valence-electron chi connectivity index (χ1n) is 4.97. The second kappa shape index (κ2) is 5.67. The first kappa shape index (κ1) is 12.7. The standard InChI is InChI=1S/C11H16O5/c1-14-9-3-6-11(15-2,7-4-9)16-10(13)5-8-12/h3-4,6,12H,5,7-8H2,1-2H3. The Hall–Kier alpha value is -1.33. The maximum Gasteiger partial charge on any atom is 0.310 e. The molecule has 16 heavy (non-hydrogen) atoms. The molecule has 1 atom stereocenters. The Morgan fingerprint density at radius 2 is 2.31 bits per heavy atom. The summed E-state index contributed by atoms with van der Waals surface area (Å²) >= 11 is 0. The molecule has 1 aliphatic carbocycles. The van der Waals surface area contributed by atoms with E-state index in [1.807, 2.05) is 0 Å². The molecule has 0 radical (unpaired) electrons. The first-order chi connectivity index (χ1) is 7.65. The van der Waals surface area contributed by atoms with Crippen molar-refractivity contribution in [3.63, 3.8) is 0 Å². The van der Waals surface area contributed by atoms with Gasteiger partial charge in [0.05, 0.1) is 20.1 Å². The Bertz CT molecular complexity index is 307. The molecule has 0 aromatic carbocycles. The van der Waals surface area contributed by atoms with Crippen molar-refractivity contribution in [3.8, 4) is 0 Å². The van der Waals surface area contributed by atoms with Crippen molar-refractivity contribution < 1.29 is 24.1 Å². The fourth-order valence-corrected chi connectivity index (χ4v) is 1.34. The molecular formula is C11H16O5. The topological polar surface area (TPSA) is 65.0 Å². The molecule has 0 spiro atoms. The molecular weight excluding hydrogens is 212 g/mol. The van der Waals surface area contributed by atoms with E-state index in [1.165, 1.54) is 7.11 Å². The van der Waals surface area contributed by atoms with Crippen LogP contribution in [-0.4, -0.2) is 37.7 Å². The van der Waals surface area contributed by atoms with Gasteiger partial charge in [-0.3, -0.25) is 4.79 Å². The van der Waals surface area contributed by atoms with Gasteiger partial charge in [0.1, 0.15) is 5.76 Å². The highest BCUT2D eigenvalue weighted by Gasteiger charge is 2.32. The molecule has 5 heteroatoms. The Kier molecular flexibility index (Phi) is 4.52. The molecule has 0 amide bonds. The van der Waals surface area contributed by atoms with Crippen molar-refractivity contribution in [1.82, 2.24) is 0 Å². The summed E-state index contributed by atoms with van der Waals surface area (Å²) in [5, 5.41) is 8.61. The van der Waals surface area contributed by atoms with Gasteiger partial charge in [0, 0.05) is 13.5 Å². The van der Waals surface area contributed by atoms with Crippen LogP contribution in [0.25, 0.3) is 0 Å². The van der Waals surface area contributed by atoms with Gasteiger partial charge in [-0.15, -0.1) is 0 Å². The van der Waals surface area contributed by atoms with E-state index < -0.39 is 11.8 Å².